The molecule has 0 aliphatic carbocycles. The van der Waals surface area contributed by atoms with E-state index in [2.05, 4.69) is 114 Å². The molecule has 43 heavy (non-hydrogen) atoms. The summed E-state index contributed by atoms with van der Waals surface area (Å²) in [5, 5.41) is 4.54. The van der Waals surface area contributed by atoms with Gasteiger partial charge in [-0.25, -0.2) is 0 Å². The summed E-state index contributed by atoms with van der Waals surface area (Å²) in [6, 6.07) is 33.9. The van der Waals surface area contributed by atoms with Crippen molar-refractivity contribution in [1.82, 2.24) is 0 Å². The molecule has 3 nitrogen and oxygen atoms in total. The summed E-state index contributed by atoms with van der Waals surface area (Å²) >= 11 is 3.70. The van der Waals surface area contributed by atoms with E-state index in [4.69, 9.17) is 14.2 Å². The summed E-state index contributed by atoms with van der Waals surface area (Å²) in [5.41, 5.74) is 2.37. The van der Waals surface area contributed by atoms with Crippen LogP contribution < -0.4 is 30.1 Å². The molecule has 0 aliphatic rings. The van der Waals surface area contributed by atoms with Gasteiger partial charge in [-0.3, -0.25) is 0 Å². The van der Waals surface area contributed by atoms with Crippen molar-refractivity contribution in [2.75, 3.05) is 27.5 Å². The normalized spacial score (nSPS) is 11.7. The number of rotatable bonds is 17. The Balaban J connectivity index is 1.29. The molecule has 4 rings (SSSR count). The topological polar surface area (TPSA) is 27.7 Å². The fraction of sp³-hybridized carbons (Fsp3) is 0.368. The fourth-order valence-corrected chi connectivity index (χ4v) is 12.1. The van der Waals surface area contributed by atoms with Crippen molar-refractivity contribution in [2.24, 2.45) is 0 Å². The molecule has 0 heterocycles. The van der Waals surface area contributed by atoms with E-state index in [1.165, 1.54) is 72.6 Å². The van der Waals surface area contributed by atoms with Gasteiger partial charge in [-0.2, -0.15) is 0 Å². The summed E-state index contributed by atoms with van der Waals surface area (Å²) in [5.74, 6) is 2.15. The maximum absolute atomic E-state index is 5.76. The second kappa shape index (κ2) is 16.9. The van der Waals surface area contributed by atoms with Crippen LogP contribution in [0.4, 0.5) is 0 Å². The molecule has 4 aromatic rings. The molecular weight excluding hydrogens is 615 g/mol. The number of hydrogen-bond donors (Lipinski definition) is 0. The van der Waals surface area contributed by atoms with Crippen LogP contribution in [-0.4, -0.2) is 27.5 Å². The molecule has 0 saturated carbocycles. The number of hydrogen-bond acceptors (Lipinski definition) is 3. The number of unbranched alkanes of at least 4 members (excludes halogenated alkanes) is 7. The van der Waals surface area contributed by atoms with Gasteiger partial charge in [-0.05, 0) is 22.9 Å². The van der Waals surface area contributed by atoms with Gasteiger partial charge in [-0.1, -0.05) is 0 Å². The quantitative estimate of drug-likeness (QED) is 0.0833. The van der Waals surface area contributed by atoms with E-state index in [0.29, 0.717) is 11.5 Å². The monoisotopic (exact) mass is 662 g/mol. The minimum absolute atomic E-state index is 0.663. The van der Waals surface area contributed by atoms with Gasteiger partial charge in [0.15, 0.2) is 5.75 Å². The smallest absolute Gasteiger partial charge is 0.492 e. The van der Waals surface area contributed by atoms with E-state index in [-0.39, 0.29) is 0 Å². The van der Waals surface area contributed by atoms with Crippen LogP contribution in [0.2, 0.25) is 0 Å². The van der Waals surface area contributed by atoms with Crippen LogP contribution in [0, 0.1) is 6.92 Å². The molecule has 0 fully saturated rings. The summed E-state index contributed by atoms with van der Waals surface area (Å²) in [6.45, 7) is 2.12. The molecule has 0 saturated heterocycles. The second-order valence-corrected chi connectivity index (χ2v) is 16.2. The van der Waals surface area contributed by atoms with E-state index < -0.39 is 7.26 Å². The number of halogens is 1. The van der Waals surface area contributed by atoms with Gasteiger partial charge >= 0.3 is 195 Å². The Bertz CT molecular complexity index is 1300. The van der Waals surface area contributed by atoms with E-state index >= 15 is 0 Å². The molecule has 0 radical (unpaired) electrons. The molecule has 5 heteroatoms. The standard InChI is InChI=1S/C38H48BrO3P/c1-30-34(36(40-2)38(42-4)37(41-3)35(30)39)28-20-9-7-5-6-8-10-21-29-43(31-22-14-11-15-23-31,32-24-16-12-17-25-32)33-26-18-13-19-27-33/h11-19,22-27,43H,5-10,20-21,28-29H2,1-4H3. The van der Waals surface area contributed by atoms with Crippen molar-refractivity contribution in [3.05, 3.63) is 107 Å². The van der Waals surface area contributed by atoms with Gasteiger partial charge in [0, 0.05) is 0 Å². The molecule has 0 aromatic heterocycles. The minimum Gasteiger partial charge on any atom is -0.492 e. The van der Waals surface area contributed by atoms with Crippen LogP contribution in [0.1, 0.15) is 62.5 Å². The van der Waals surface area contributed by atoms with Gasteiger partial charge in [0.1, 0.15) is 0 Å². The van der Waals surface area contributed by atoms with Crippen molar-refractivity contribution in [1.29, 1.82) is 0 Å². The fourth-order valence-electron chi connectivity index (χ4n) is 6.55. The van der Waals surface area contributed by atoms with Crippen molar-refractivity contribution in [2.45, 2.75) is 64.7 Å². The van der Waals surface area contributed by atoms with E-state index in [9.17, 15) is 0 Å². The first kappa shape index (κ1) is 33.1. The summed E-state index contributed by atoms with van der Waals surface area (Å²) in [6.07, 6.45) is 12.3. The molecule has 0 atom stereocenters. The first-order valence-electron chi connectivity index (χ1n) is 15.7. The third-order valence-corrected chi connectivity index (χ3v) is 14.8. The van der Waals surface area contributed by atoms with Crippen LogP contribution >= 0.6 is 23.2 Å². The van der Waals surface area contributed by atoms with E-state index in [0.717, 1.165) is 28.6 Å². The van der Waals surface area contributed by atoms with Gasteiger partial charge in [0.05, 0.1) is 25.8 Å². The number of methoxy groups -OCH3 is 3. The Morgan fingerprint density at radius 2 is 0.907 bits per heavy atom. The summed E-state index contributed by atoms with van der Waals surface area (Å²) in [7, 11) is 2.93. The van der Waals surface area contributed by atoms with Crippen LogP contribution in [-0.2, 0) is 6.42 Å². The van der Waals surface area contributed by atoms with E-state index in [1.54, 1.807) is 21.3 Å². The zero-order valence-corrected chi connectivity index (χ0v) is 28.9. The molecule has 230 valence electrons. The Morgan fingerprint density at radius 1 is 0.512 bits per heavy atom. The van der Waals surface area contributed by atoms with Crippen molar-refractivity contribution in [3.8, 4) is 17.2 Å². The van der Waals surface area contributed by atoms with Crippen LogP contribution in [0.5, 0.6) is 17.2 Å². The average molecular weight is 664 g/mol. The Labute approximate surface area is 268 Å². The van der Waals surface area contributed by atoms with Gasteiger partial charge in [0.2, 0.25) is 5.75 Å². The zero-order chi connectivity index (χ0) is 30.5. The molecule has 0 N–H and O–H groups in total. The molecule has 4 aromatic carbocycles. The summed E-state index contributed by atoms with van der Waals surface area (Å²) < 4.78 is 17.9. The minimum atomic E-state index is -2.10. The average Bonchev–Trinajstić information content (AvgIpc) is 3.06. The zero-order valence-electron chi connectivity index (χ0n) is 26.3. The van der Waals surface area contributed by atoms with Crippen LogP contribution in [0.3, 0.4) is 0 Å². The first-order valence-corrected chi connectivity index (χ1v) is 18.7. The molecule has 0 aliphatic heterocycles. The predicted molar refractivity (Wildman–Crippen MR) is 191 cm³/mol. The Kier molecular flexibility index (Phi) is 13.0. The molecule has 0 unspecified atom stereocenters. The maximum atomic E-state index is 5.76. The molecule has 0 amide bonds. The third-order valence-electron chi connectivity index (χ3n) is 8.81. The van der Waals surface area contributed by atoms with Gasteiger partial charge < -0.3 is 14.2 Å². The predicted octanol–water partition coefficient (Wildman–Crippen LogP) is 9.17. The van der Waals surface area contributed by atoms with Crippen LogP contribution in [0.25, 0.3) is 0 Å². The van der Waals surface area contributed by atoms with Gasteiger partial charge in [0.25, 0.3) is 0 Å². The van der Waals surface area contributed by atoms with Crippen molar-refractivity contribution in [3.63, 3.8) is 0 Å². The molecular formula is C38H48BrO3P. The Hall–Kier alpha value is -2.81. The molecule has 0 spiro atoms. The SMILES string of the molecule is COc1c(Br)c(C)c(CCCCCCCCCC[PH](c2ccccc2)(c2ccccc2)c2ccccc2)c(OC)c1OC. The third kappa shape index (κ3) is 7.83. The Morgan fingerprint density at radius 3 is 1.33 bits per heavy atom. The number of ether oxygens (including phenoxy) is 3. The van der Waals surface area contributed by atoms with Crippen LogP contribution in [0.15, 0.2) is 95.5 Å². The van der Waals surface area contributed by atoms with Crippen molar-refractivity contribution >= 4 is 39.1 Å². The van der Waals surface area contributed by atoms with Gasteiger partial charge in [-0.15, -0.1) is 0 Å². The number of benzene rings is 4. The first-order chi connectivity index (χ1) is 21.1. The molecule has 0 bridgehead atoms. The van der Waals surface area contributed by atoms with E-state index in [1.807, 2.05) is 0 Å². The van der Waals surface area contributed by atoms with Crippen molar-refractivity contribution < 1.29 is 14.2 Å². The second-order valence-electron chi connectivity index (χ2n) is 11.3. The summed E-state index contributed by atoms with van der Waals surface area (Å²) in [4.78, 5) is 0.